The normalized spacial score (nSPS) is 21.0. The maximum absolute atomic E-state index is 12.7. The van der Waals surface area contributed by atoms with E-state index in [2.05, 4.69) is 9.78 Å². The highest BCUT2D eigenvalue weighted by Crippen LogP contribution is 2.31. The lowest BCUT2D eigenvalue weighted by atomic mass is 9.95. The second-order valence-corrected chi connectivity index (χ2v) is 7.11. The molecule has 1 unspecified atom stereocenters. The number of aromatic nitrogens is 2. The summed E-state index contributed by atoms with van der Waals surface area (Å²) in [7, 11) is 1.70. The van der Waals surface area contributed by atoms with E-state index < -0.39 is 0 Å². The Labute approximate surface area is 152 Å². The van der Waals surface area contributed by atoms with E-state index in [0.29, 0.717) is 31.4 Å². The van der Waals surface area contributed by atoms with Gasteiger partial charge in [-0.15, -0.1) is 0 Å². The van der Waals surface area contributed by atoms with Crippen LogP contribution >= 0.6 is 0 Å². The first kappa shape index (κ1) is 17.3. The molecule has 0 spiro atoms. The first-order chi connectivity index (χ1) is 12.8. The van der Waals surface area contributed by atoms with Crippen LogP contribution in [0.4, 0.5) is 0 Å². The number of amides is 1. The molecular formula is C19H25N3O4. The minimum absolute atomic E-state index is 0.0843. The molecule has 2 aliphatic heterocycles. The number of carbonyl (C=O) groups excluding carboxylic acids is 1. The van der Waals surface area contributed by atoms with Crippen LogP contribution in [0.15, 0.2) is 29.0 Å². The minimum atomic E-state index is -0.0843. The predicted octanol–water partition coefficient (Wildman–Crippen LogP) is 2.29. The predicted molar refractivity (Wildman–Crippen MR) is 93.8 cm³/mol. The Morgan fingerprint density at radius 3 is 2.96 bits per heavy atom. The lowest BCUT2D eigenvalue weighted by Crippen LogP contribution is -2.40. The third-order valence-corrected chi connectivity index (χ3v) is 5.31. The number of carbonyl (C=O) groups is 1. The first-order valence-corrected chi connectivity index (χ1v) is 9.20. The average molecular weight is 359 g/mol. The van der Waals surface area contributed by atoms with Crippen molar-refractivity contribution in [2.24, 2.45) is 5.92 Å². The standard InChI is InChI=1S/C19H25N3O4/c1-24-13-16-12-21(19(23)17-3-2-6-26-17)11-15-9-20-22(18(15)16)10-14-4-7-25-8-5-14/h2-3,6,9,14,16H,4-5,7-8,10-13H2,1H3. The molecule has 0 bridgehead atoms. The molecule has 1 fully saturated rings. The Morgan fingerprint density at radius 1 is 1.38 bits per heavy atom. The van der Waals surface area contributed by atoms with Crippen LogP contribution in [0.25, 0.3) is 0 Å². The van der Waals surface area contributed by atoms with Gasteiger partial charge in [-0.1, -0.05) is 0 Å². The molecule has 2 aromatic rings. The molecule has 0 radical (unpaired) electrons. The molecule has 0 aromatic carbocycles. The zero-order valence-corrected chi connectivity index (χ0v) is 15.1. The number of fused-ring (bicyclic) bond motifs is 1. The molecule has 4 rings (SSSR count). The van der Waals surface area contributed by atoms with Crippen molar-refractivity contribution in [2.75, 3.05) is 33.5 Å². The Balaban J connectivity index is 1.55. The average Bonchev–Trinajstić information content (AvgIpc) is 3.33. The van der Waals surface area contributed by atoms with E-state index in [-0.39, 0.29) is 11.8 Å². The zero-order chi connectivity index (χ0) is 17.9. The largest absolute Gasteiger partial charge is 0.459 e. The summed E-state index contributed by atoms with van der Waals surface area (Å²) in [4.78, 5) is 14.5. The summed E-state index contributed by atoms with van der Waals surface area (Å²) < 4.78 is 18.3. The van der Waals surface area contributed by atoms with Crippen LogP contribution in [0, 0.1) is 5.92 Å². The number of rotatable bonds is 5. The van der Waals surface area contributed by atoms with Crippen LogP contribution in [-0.2, 0) is 22.6 Å². The number of hydrogen-bond donors (Lipinski definition) is 0. The minimum Gasteiger partial charge on any atom is -0.459 e. The summed E-state index contributed by atoms with van der Waals surface area (Å²) in [5.74, 6) is 1.00. The topological polar surface area (TPSA) is 69.7 Å². The van der Waals surface area contributed by atoms with Crippen molar-refractivity contribution in [3.8, 4) is 0 Å². The molecule has 26 heavy (non-hydrogen) atoms. The summed E-state index contributed by atoms with van der Waals surface area (Å²) in [5.41, 5.74) is 2.31. The van der Waals surface area contributed by atoms with Crippen molar-refractivity contribution in [2.45, 2.75) is 31.8 Å². The second kappa shape index (κ2) is 7.63. The van der Waals surface area contributed by atoms with E-state index in [4.69, 9.17) is 13.9 Å². The van der Waals surface area contributed by atoms with Gasteiger partial charge in [-0.25, -0.2) is 0 Å². The van der Waals surface area contributed by atoms with E-state index in [1.165, 1.54) is 12.0 Å². The summed E-state index contributed by atoms with van der Waals surface area (Å²) in [6.45, 7) is 4.31. The fourth-order valence-electron chi connectivity index (χ4n) is 4.01. The number of methoxy groups -OCH3 is 1. The Hall–Kier alpha value is -2.12. The van der Waals surface area contributed by atoms with Crippen molar-refractivity contribution in [3.05, 3.63) is 41.6 Å². The summed E-state index contributed by atoms with van der Waals surface area (Å²) in [6.07, 6.45) is 5.58. The van der Waals surface area contributed by atoms with E-state index >= 15 is 0 Å². The third-order valence-electron chi connectivity index (χ3n) is 5.31. The Kier molecular flexibility index (Phi) is 5.08. The van der Waals surface area contributed by atoms with E-state index in [0.717, 1.165) is 38.2 Å². The van der Waals surface area contributed by atoms with Crippen molar-refractivity contribution >= 4 is 5.91 Å². The molecule has 2 aromatic heterocycles. The van der Waals surface area contributed by atoms with Crippen molar-refractivity contribution < 1.29 is 18.7 Å². The monoisotopic (exact) mass is 359 g/mol. The van der Waals surface area contributed by atoms with Gasteiger partial charge in [0.15, 0.2) is 5.76 Å². The van der Waals surface area contributed by atoms with Crippen LogP contribution in [0.1, 0.15) is 40.6 Å². The molecule has 1 atom stereocenters. The number of furan rings is 1. The van der Waals surface area contributed by atoms with E-state index in [1.807, 2.05) is 11.1 Å². The van der Waals surface area contributed by atoms with Gasteiger partial charge in [-0.05, 0) is 30.9 Å². The maximum atomic E-state index is 12.7. The van der Waals surface area contributed by atoms with Crippen LogP contribution in [-0.4, -0.2) is 54.1 Å². The molecule has 0 aliphatic carbocycles. The van der Waals surface area contributed by atoms with Gasteiger partial charge in [0.25, 0.3) is 5.91 Å². The lowest BCUT2D eigenvalue weighted by molar-refractivity contribution is 0.0575. The summed E-state index contributed by atoms with van der Waals surface area (Å²) in [5, 5.41) is 4.64. The van der Waals surface area contributed by atoms with Gasteiger partial charge < -0.3 is 18.8 Å². The number of ether oxygens (including phenoxy) is 2. The van der Waals surface area contributed by atoms with Crippen molar-refractivity contribution in [1.29, 1.82) is 0 Å². The van der Waals surface area contributed by atoms with Gasteiger partial charge >= 0.3 is 0 Å². The summed E-state index contributed by atoms with van der Waals surface area (Å²) in [6, 6.07) is 3.44. The fourth-order valence-corrected chi connectivity index (χ4v) is 4.01. The van der Waals surface area contributed by atoms with Crippen LogP contribution in [0.2, 0.25) is 0 Å². The highest BCUT2D eigenvalue weighted by molar-refractivity contribution is 5.91. The van der Waals surface area contributed by atoms with Gasteiger partial charge in [0.1, 0.15) is 0 Å². The van der Waals surface area contributed by atoms with Crippen molar-refractivity contribution in [3.63, 3.8) is 0 Å². The van der Waals surface area contributed by atoms with E-state index in [9.17, 15) is 4.79 Å². The molecule has 0 saturated carbocycles. The number of hydrogen-bond acceptors (Lipinski definition) is 5. The third kappa shape index (κ3) is 3.41. The number of nitrogens with zero attached hydrogens (tertiary/aromatic N) is 3. The Morgan fingerprint density at radius 2 is 2.23 bits per heavy atom. The highest BCUT2D eigenvalue weighted by Gasteiger charge is 2.33. The lowest BCUT2D eigenvalue weighted by Gasteiger charge is -2.33. The molecule has 140 valence electrons. The van der Waals surface area contributed by atoms with Crippen molar-refractivity contribution in [1.82, 2.24) is 14.7 Å². The molecule has 7 heteroatoms. The Bertz CT molecular complexity index is 734. The second-order valence-electron chi connectivity index (χ2n) is 7.11. The highest BCUT2D eigenvalue weighted by atomic mass is 16.5. The molecule has 2 aliphatic rings. The van der Waals surface area contributed by atoms with Gasteiger partial charge in [-0.2, -0.15) is 5.10 Å². The van der Waals surface area contributed by atoms with Gasteiger partial charge in [0.2, 0.25) is 0 Å². The van der Waals surface area contributed by atoms with Crippen LogP contribution < -0.4 is 0 Å². The molecule has 7 nitrogen and oxygen atoms in total. The molecule has 0 N–H and O–H groups in total. The van der Waals surface area contributed by atoms with Gasteiger partial charge in [0, 0.05) is 51.4 Å². The quantitative estimate of drug-likeness (QED) is 0.819. The SMILES string of the molecule is COCC1CN(C(=O)c2ccco2)Cc2cnn(CC3CCOCC3)c21. The fraction of sp³-hybridized carbons (Fsp3) is 0.579. The smallest absolute Gasteiger partial charge is 0.289 e. The molecule has 1 amide bonds. The first-order valence-electron chi connectivity index (χ1n) is 9.20. The van der Waals surface area contributed by atoms with E-state index in [1.54, 1.807) is 19.2 Å². The van der Waals surface area contributed by atoms with Crippen LogP contribution in [0.3, 0.4) is 0 Å². The molecule has 4 heterocycles. The molecule has 1 saturated heterocycles. The molecular weight excluding hydrogens is 334 g/mol. The van der Waals surface area contributed by atoms with Crippen LogP contribution in [0.5, 0.6) is 0 Å². The maximum Gasteiger partial charge on any atom is 0.289 e. The van der Waals surface area contributed by atoms with Gasteiger partial charge in [-0.3, -0.25) is 9.48 Å². The van der Waals surface area contributed by atoms with Gasteiger partial charge in [0.05, 0.1) is 24.8 Å². The summed E-state index contributed by atoms with van der Waals surface area (Å²) >= 11 is 0. The zero-order valence-electron chi connectivity index (χ0n) is 15.1.